The lowest BCUT2D eigenvalue weighted by Gasteiger charge is -2.40. The summed E-state index contributed by atoms with van der Waals surface area (Å²) in [5.41, 5.74) is 3.96. The van der Waals surface area contributed by atoms with Crippen molar-refractivity contribution in [2.24, 2.45) is 0 Å². The van der Waals surface area contributed by atoms with Crippen LogP contribution in [-0.4, -0.2) is 45.0 Å². The van der Waals surface area contributed by atoms with E-state index >= 15 is 0 Å². The van der Waals surface area contributed by atoms with Crippen LogP contribution in [-0.2, 0) is 16.8 Å². The predicted molar refractivity (Wildman–Crippen MR) is 135 cm³/mol. The van der Waals surface area contributed by atoms with Crippen LogP contribution in [0, 0.1) is 0 Å². The first-order chi connectivity index (χ1) is 16.2. The number of ether oxygens (including phenoxy) is 4. The molecule has 0 aromatic heterocycles. The fourth-order valence-electron chi connectivity index (χ4n) is 4.92. The second-order valence-corrected chi connectivity index (χ2v) is 8.87. The molecule has 2 aliphatic heterocycles. The van der Waals surface area contributed by atoms with E-state index in [2.05, 4.69) is 66.5 Å². The topological polar surface area (TPSA) is 40.2 Å². The van der Waals surface area contributed by atoms with Crippen molar-refractivity contribution in [2.75, 3.05) is 40.1 Å². The summed E-state index contributed by atoms with van der Waals surface area (Å²) in [5.74, 6) is 2.34. The number of rotatable bonds is 9. The Bertz CT molecular complexity index is 1080. The van der Waals surface area contributed by atoms with Gasteiger partial charge in [0.15, 0.2) is 11.5 Å². The van der Waals surface area contributed by atoms with Crippen molar-refractivity contribution in [3.8, 4) is 17.2 Å². The van der Waals surface area contributed by atoms with Crippen LogP contribution in [0.4, 0.5) is 0 Å². The van der Waals surface area contributed by atoms with Gasteiger partial charge in [0.1, 0.15) is 12.4 Å². The quantitative estimate of drug-likeness (QED) is 0.406. The number of hydrogen-bond acceptors (Lipinski definition) is 5. The third kappa shape index (κ3) is 5.17. The Kier molecular flexibility index (Phi) is 7.99. The van der Waals surface area contributed by atoms with Crippen LogP contribution < -0.4 is 14.2 Å². The van der Waals surface area contributed by atoms with Crippen LogP contribution in [0.2, 0.25) is 0 Å². The Morgan fingerprint density at radius 1 is 0.912 bits per heavy atom. The minimum atomic E-state index is -0.0973. The number of fused-ring (bicyclic) bond motifs is 2. The molecule has 0 radical (unpaired) electrons. The summed E-state index contributed by atoms with van der Waals surface area (Å²) >= 11 is 0. The van der Waals surface area contributed by atoms with Gasteiger partial charge in [-0.15, -0.1) is 12.4 Å². The van der Waals surface area contributed by atoms with Crippen molar-refractivity contribution in [3.05, 3.63) is 89.5 Å². The second-order valence-electron chi connectivity index (χ2n) is 8.87. The summed E-state index contributed by atoms with van der Waals surface area (Å²) < 4.78 is 22.8. The Hall–Kier alpha value is -2.73. The monoisotopic (exact) mass is 481 g/mol. The first-order valence-corrected chi connectivity index (χ1v) is 11.7. The lowest BCUT2D eigenvalue weighted by Crippen LogP contribution is -2.38. The Morgan fingerprint density at radius 2 is 1.71 bits per heavy atom. The molecule has 1 unspecified atom stereocenters. The van der Waals surface area contributed by atoms with E-state index in [-0.39, 0.29) is 24.6 Å². The third-order valence-corrected chi connectivity index (χ3v) is 6.69. The molecule has 180 valence electrons. The lowest BCUT2D eigenvalue weighted by molar-refractivity contribution is 0.0602. The van der Waals surface area contributed by atoms with Gasteiger partial charge in [0, 0.05) is 18.0 Å². The van der Waals surface area contributed by atoms with Crippen molar-refractivity contribution in [2.45, 2.75) is 24.9 Å². The molecule has 0 saturated carbocycles. The highest BCUT2D eigenvalue weighted by molar-refractivity contribution is 5.85. The molecule has 1 atom stereocenters. The van der Waals surface area contributed by atoms with Gasteiger partial charge in [-0.2, -0.15) is 0 Å². The molecule has 5 nitrogen and oxygen atoms in total. The summed E-state index contributed by atoms with van der Waals surface area (Å²) in [5, 5.41) is 0. The number of halogens is 1. The van der Waals surface area contributed by atoms with Crippen LogP contribution >= 0.6 is 12.4 Å². The maximum absolute atomic E-state index is 6.12. The zero-order chi connectivity index (χ0) is 22.5. The smallest absolute Gasteiger partial charge is 0.231 e. The van der Waals surface area contributed by atoms with E-state index < -0.39 is 0 Å². The molecule has 0 saturated heterocycles. The summed E-state index contributed by atoms with van der Waals surface area (Å²) in [6.45, 7) is 4.20. The van der Waals surface area contributed by atoms with Gasteiger partial charge in [0.2, 0.25) is 6.79 Å². The fraction of sp³-hybridized carbons (Fsp3) is 0.357. The van der Waals surface area contributed by atoms with Gasteiger partial charge in [0.25, 0.3) is 0 Å². The van der Waals surface area contributed by atoms with Gasteiger partial charge in [0.05, 0.1) is 13.2 Å². The first kappa shape index (κ1) is 24.4. The van der Waals surface area contributed by atoms with E-state index in [1.807, 2.05) is 18.2 Å². The number of benzene rings is 3. The van der Waals surface area contributed by atoms with E-state index in [4.69, 9.17) is 18.9 Å². The van der Waals surface area contributed by atoms with E-state index in [0.29, 0.717) is 13.2 Å². The zero-order valence-electron chi connectivity index (χ0n) is 19.6. The summed E-state index contributed by atoms with van der Waals surface area (Å²) in [6, 6.07) is 25.3. The summed E-state index contributed by atoms with van der Waals surface area (Å²) in [7, 11) is 2.16. The minimum absolute atomic E-state index is 0. The van der Waals surface area contributed by atoms with Gasteiger partial charge < -0.3 is 23.8 Å². The molecular weight excluding hydrogens is 450 g/mol. The predicted octanol–water partition coefficient (Wildman–Crippen LogP) is 5.44. The van der Waals surface area contributed by atoms with Crippen LogP contribution in [0.1, 0.15) is 29.5 Å². The van der Waals surface area contributed by atoms with E-state index in [1.54, 1.807) is 0 Å². The molecule has 6 heteroatoms. The van der Waals surface area contributed by atoms with Crippen LogP contribution in [0.25, 0.3) is 0 Å². The summed E-state index contributed by atoms with van der Waals surface area (Å²) in [4.78, 5) is 2.33. The van der Waals surface area contributed by atoms with Gasteiger partial charge in [-0.25, -0.2) is 0 Å². The molecule has 34 heavy (non-hydrogen) atoms. The standard InChI is InChI=1S/C28H31NO4.ClH/c1-29(16-17-31-24-12-13-26-27(18-24)33-21-32-26)15-7-14-28(23-9-3-2-4-10-23)20-30-19-22-8-5-6-11-25(22)28;/h2-6,8-13,18H,7,14-17,19-21H2,1H3;1H. The maximum atomic E-state index is 6.12. The Morgan fingerprint density at radius 3 is 2.59 bits per heavy atom. The molecule has 0 N–H and O–H groups in total. The SMILES string of the molecule is CN(CCCC1(c2ccccc2)COCc2ccccc21)CCOc1ccc2c(c1)OCO2.Cl. The van der Waals surface area contributed by atoms with E-state index in [0.717, 1.165) is 49.8 Å². The fourth-order valence-corrected chi connectivity index (χ4v) is 4.92. The van der Waals surface area contributed by atoms with Crippen molar-refractivity contribution in [3.63, 3.8) is 0 Å². The van der Waals surface area contributed by atoms with Gasteiger partial charge in [-0.05, 0) is 55.3 Å². The largest absolute Gasteiger partial charge is 0.492 e. The average molecular weight is 482 g/mol. The molecule has 2 heterocycles. The molecule has 2 aliphatic rings. The van der Waals surface area contributed by atoms with E-state index in [1.165, 1.54) is 16.7 Å². The molecule has 0 aliphatic carbocycles. The van der Waals surface area contributed by atoms with Crippen LogP contribution in [0.3, 0.4) is 0 Å². The zero-order valence-corrected chi connectivity index (χ0v) is 20.4. The Balaban J connectivity index is 0.00000274. The Labute approximate surface area is 208 Å². The molecule has 0 bridgehead atoms. The van der Waals surface area contributed by atoms with Gasteiger partial charge in [-0.3, -0.25) is 0 Å². The number of nitrogens with zero attached hydrogens (tertiary/aromatic N) is 1. The molecule has 0 fully saturated rings. The molecular formula is C28H32ClNO4. The number of hydrogen-bond donors (Lipinski definition) is 0. The van der Waals surface area contributed by atoms with Crippen LogP contribution in [0.5, 0.6) is 17.2 Å². The van der Waals surface area contributed by atoms with Crippen molar-refractivity contribution in [1.82, 2.24) is 4.90 Å². The van der Waals surface area contributed by atoms with Crippen molar-refractivity contribution < 1.29 is 18.9 Å². The van der Waals surface area contributed by atoms with Crippen molar-refractivity contribution in [1.29, 1.82) is 0 Å². The molecule has 0 amide bonds. The molecule has 5 rings (SSSR count). The number of likely N-dealkylation sites (N-methyl/N-ethyl adjacent to an activating group) is 1. The highest BCUT2D eigenvalue weighted by atomic mass is 35.5. The second kappa shape index (κ2) is 11.1. The lowest BCUT2D eigenvalue weighted by atomic mass is 9.69. The molecule has 3 aromatic rings. The molecule has 3 aromatic carbocycles. The summed E-state index contributed by atoms with van der Waals surface area (Å²) in [6.07, 6.45) is 2.12. The maximum Gasteiger partial charge on any atom is 0.231 e. The van der Waals surface area contributed by atoms with E-state index in [9.17, 15) is 0 Å². The first-order valence-electron chi connectivity index (χ1n) is 11.7. The highest BCUT2D eigenvalue weighted by Gasteiger charge is 2.38. The van der Waals surface area contributed by atoms with Gasteiger partial charge >= 0.3 is 0 Å². The van der Waals surface area contributed by atoms with Crippen LogP contribution in [0.15, 0.2) is 72.8 Å². The average Bonchev–Trinajstić information content (AvgIpc) is 3.33. The van der Waals surface area contributed by atoms with Gasteiger partial charge in [-0.1, -0.05) is 54.6 Å². The molecule has 0 spiro atoms. The normalized spacial score (nSPS) is 18.3. The van der Waals surface area contributed by atoms with Crippen molar-refractivity contribution >= 4 is 12.4 Å². The minimum Gasteiger partial charge on any atom is -0.492 e. The highest BCUT2D eigenvalue weighted by Crippen LogP contribution is 2.42. The third-order valence-electron chi connectivity index (χ3n) is 6.69.